The number of carbonyl (C=O) groups excluding carboxylic acids is 2. The Bertz CT molecular complexity index is 918. The Morgan fingerprint density at radius 3 is 2.19 bits per heavy atom. The van der Waals surface area contributed by atoms with Crippen LogP contribution in [0.15, 0.2) is 24.3 Å². The van der Waals surface area contributed by atoms with E-state index in [9.17, 15) is 14.7 Å². The molecule has 0 aromatic heterocycles. The number of methoxy groups -OCH3 is 4. The normalized spacial score (nSPS) is 15.6. The number of fused-ring (bicyclic) bond motifs is 1. The topological polar surface area (TPSA) is 101 Å². The van der Waals surface area contributed by atoms with Crippen molar-refractivity contribution in [3.63, 3.8) is 0 Å². The second-order valence-electron chi connectivity index (χ2n) is 5.64. The maximum atomic E-state index is 13.1. The molecule has 1 unspecified atom stereocenters. The number of hydrogen-bond acceptors (Lipinski definition) is 8. The van der Waals surface area contributed by atoms with Crippen LogP contribution in [0, 0.1) is 0 Å². The lowest BCUT2D eigenvalue weighted by molar-refractivity contribution is -0.135. The van der Waals surface area contributed by atoms with E-state index >= 15 is 0 Å². The summed E-state index contributed by atoms with van der Waals surface area (Å²) in [6.45, 7) is 0. The summed E-state index contributed by atoms with van der Waals surface area (Å²) in [5, 5.41) is 10.3. The van der Waals surface area contributed by atoms with Gasteiger partial charge in [0.25, 0.3) is 0 Å². The molecule has 0 radical (unpaired) electrons. The van der Waals surface area contributed by atoms with Gasteiger partial charge in [-0.25, -0.2) is 0 Å². The molecule has 8 nitrogen and oxygen atoms in total. The third kappa shape index (κ3) is 2.79. The van der Waals surface area contributed by atoms with Crippen molar-refractivity contribution < 1.29 is 38.4 Å². The van der Waals surface area contributed by atoms with Crippen LogP contribution in [-0.2, 0) is 4.79 Å². The molecular weight excluding hydrogens is 356 g/mol. The van der Waals surface area contributed by atoms with Crippen LogP contribution in [-0.4, -0.2) is 45.3 Å². The van der Waals surface area contributed by atoms with Crippen LogP contribution in [0.5, 0.6) is 34.5 Å². The van der Waals surface area contributed by atoms with E-state index in [1.165, 1.54) is 34.5 Å². The molecule has 1 aliphatic heterocycles. The number of hydrogen-bond donors (Lipinski definition) is 1. The van der Waals surface area contributed by atoms with Crippen LogP contribution < -0.4 is 23.7 Å². The molecule has 142 valence electrons. The number of carbonyl (C=O) groups is 2. The first-order valence-corrected chi connectivity index (χ1v) is 7.93. The predicted octanol–water partition coefficient (Wildman–Crippen LogP) is 2.31. The smallest absolute Gasteiger partial charge is 0.327 e. The zero-order valence-electron chi connectivity index (χ0n) is 15.2. The maximum absolute atomic E-state index is 13.1. The largest absolute Gasteiger partial charge is 0.502 e. The first kappa shape index (κ1) is 18.4. The number of ketones is 1. The van der Waals surface area contributed by atoms with E-state index in [4.69, 9.17) is 23.7 Å². The van der Waals surface area contributed by atoms with Gasteiger partial charge in [-0.05, 0) is 12.1 Å². The van der Waals surface area contributed by atoms with Gasteiger partial charge in [0.1, 0.15) is 5.92 Å². The van der Waals surface area contributed by atoms with Crippen LogP contribution in [0.25, 0.3) is 0 Å². The summed E-state index contributed by atoms with van der Waals surface area (Å²) >= 11 is 0. The summed E-state index contributed by atoms with van der Waals surface area (Å²) in [5.74, 6) is -2.71. The number of Topliss-reactive ketones (excluding diaryl/α,β-unsaturated/α-hetero) is 1. The molecule has 0 spiro atoms. The van der Waals surface area contributed by atoms with Crippen molar-refractivity contribution in [2.45, 2.75) is 5.92 Å². The first-order valence-electron chi connectivity index (χ1n) is 7.93. The summed E-state index contributed by atoms with van der Waals surface area (Å²) in [4.78, 5) is 25.7. The molecular formula is C19H18O8. The Morgan fingerprint density at radius 1 is 0.926 bits per heavy atom. The highest BCUT2D eigenvalue weighted by atomic mass is 16.6. The van der Waals surface area contributed by atoms with Crippen LogP contribution in [0.3, 0.4) is 0 Å². The van der Waals surface area contributed by atoms with Crippen molar-refractivity contribution in [3.8, 4) is 34.5 Å². The lowest BCUT2D eigenvalue weighted by Gasteiger charge is -2.26. The third-order valence-electron chi connectivity index (χ3n) is 4.31. The molecule has 27 heavy (non-hydrogen) atoms. The predicted molar refractivity (Wildman–Crippen MR) is 93.5 cm³/mol. The van der Waals surface area contributed by atoms with Gasteiger partial charge in [-0.15, -0.1) is 0 Å². The highest BCUT2D eigenvalue weighted by Crippen LogP contribution is 2.50. The minimum Gasteiger partial charge on any atom is -0.502 e. The Morgan fingerprint density at radius 2 is 1.59 bits per heavy atom. The SMILES string of the molecule is COc1cccc(C2C(=O)Oc3c(cc(OC)c(OC)c3O)C2=O)c1OC. The highest BCUT2D eigenvalue weighted by molar-refractivity contribution is 6.18. The average molecular weight is 374 g/mol. The third-order valence-corrected chi connectivity index (χ3v) is 4.31. The van der Waals surface area contributed by atoms with E-state index < -0.39 is 23.4 Å². The summed E-state index contributed by atoms with van der Waals surface area (Å²) < 4.78 is 26.1. The fourth-order valence-corrected chi connectivity index (χ4v) is 3.07. The second kappa shape index (κ2) is 7.06. The van der Waals surface area contributed by atoms with E-state index in [-0.39, 0.29) is 28.6 Å². The van der Waals surface area contributed by atoms with Crippen LogP contribution in [0.1, 0.15) is 21.8 Å². The second-order valence-corrected chi connectivity index (χ2v) is 5.64. The number of benzene rings is 2. The van der Waals surface area contributed by atoms with Gasteiger partial charge in [0, 0.05) is 5.56 Å². The average Bonchev–Trinajstić information content (AvgIpc) is 2.68. The van der Waals surface area contributed by atoms with E-state index in [2.05, 4.69) is 0 Å². The Labute approximate surface area is 155 Å². The Balaban J connectivity index is 2.19. The summed E-state index contributed by atoms with van der Waals surface area (Å²) in [6.07, 6.45) is 0. The summed E-state index contributed by atoms with van der Waals surface area (Å²) in [6, 6.07) is 6.23. The molecule has 2 aromatic rings. The molecule has 1 atom stereocenters. The molecule has 2 aromatic carbocycles. The highest BCUT2D eigenvalue weighted by Gasteiger charge is 2.42. The molecule has 1 aliphatic rings. The van der Waals surface area contributed by atoms with Gasteiger partial charge >= 0.3 is 5.97 Å². The minimum atomic E-state index is -1.28. The number of aromatic hydroxyl groups is 1. The standard InChI is InChI=1S/C19H18O8/c1-23-11-7-5-6-9(16(11)25-3)13-14(20)10-8-12(24-2)18(26-4)15(21)17(10)27-19(13)22/h5-8,13,21H,1-4H3. The fourth-order valence-electron chi connectivity index (χ4n) is 3.07. The molecule has 0 saturated carbocycles. The minimum absolute atomic E-state index is 0.000349. The van der Waals surface area contributed by atoms with Crippen LogP contribution >= 0.6 is 0 Å². The molecule has 0 fully saturated rings. The van der Waals surface area contributed by atoms with Crippen molar-refractivity contribution in [1.29, 1.82) is 0 Å². The first-order chi connectivity index (χ1) is 13.0. The molecule has 8 heteroatoms. The van der Waals surface area contributed by atoms with Crippen LogP contribution in [0.2, 0.25) is 0 Å². The Hall–Kier alpha value is -3.42. The number of para-hydroxylation sites is 1. The quantitative estimate of drug-likeness (QED) is 0.483. The van der Waals surface area contributed by atoms with Crippen molar-refractivity contribution in [1.82, 2.24) is 0 Å². The van der Waals surface area contributed by atoms with Crippen molar-refractivity contribution in [3.05, 3.63) is 35.4 Å². The van der Waals surface area contributed by atoms with Crippen molar-refractivity contribution in [2.75, 3.05) is 28.4 Å². The molecule has 0 amide bonds. The summed E-state index contributed by atoms with van der Waals surface area (Å²) in [7, 11) is 5.55. The van der Waals surface area contributed by atoms with E-state index in [1.54, 1.807) is 18.2 Å². The molecule has 1 heterocycles. The van der Waals surface area contributed by atoms with Gasteiger partial charge in [0.15, 0.2) is 28.8 Å². The van der Waals surface area contributed by atoms with E-state index in [0.717, 1.165) is 0 Å². The number of rotatable bonds is 5. The van der Waals surface area contributed by atoms with Gasteiger partial charge in [-0.3, -0.25) is 9.59 Å². The van der Waals surface area contributed by atoms with E-state index in [0.29, 0.717) is 11.3 Å². The Kier molecular flexibility index (Phi) is 4.81. The molecule has 0 bridgehead atoms. The summed E-state index contributed by atoms with van der Waals surface area (Å²) in [5.41, 5.74) is 0.298. The van der Waals surface area contributed by atoms with Gasteiger partial charge in [-0.2, -0.15) is 0 Å². The van der Waals surface area contributed by atoms with Gasteiger partial charge in [0.2, 0.25) is 11.5 Å². The van der Waals surface area contributed by atoms with Crippen LogP contribution in [0.4, 0.5) is 0 Å². The lowest BCUT2D eigenvalue weighted by Crippen LogP contribution is -2.32. The molecule has 0 saturated heterocycles. The van der Waals surface area contributed by atoms with Crippen molar-refractivity contribution >= 4 is 11.8 Å². The number of phenols is 1. The lowest BCUT2D eigenvalue weighted by atomic mass is 9.87. The molecule has 3 rings (SSSR count). The zero-order chi connectivity index (χ0) is 19.7. The fraction of sp³-hybridized carbons (Fsp3) is 0.263. The molecule has 0 aliphatic carbocycles. The molecule has 1 N–H and O–H groups in total. The number of ether oxygens (including phenoxy) is 5. The van der Waals surface area contributed by atoms with E-state index in [1.807, 2.05) is 0 Å². The zero-order valence-corrected chi connectivity index (χ0v) is 15.2. The van der Waals surface area contributed by atoms with Crippen molar-refractivity contribution in [2.24, 2.45) is 0 Å². The maximum Gasteiger partial charge on any atom is 0.327 e. The monoisotopic (exact) mass is 374 g/mol. The van der Waals surface area contributed by atoms with Gasteiger partial charge < -0.3 is 28.8 Å². The van der Waals surface area contributed by atoms with Gasteiger partial charge in [-0.1, -0.05) is 12.1 Å². The van der Waals surface area contributed by atoms with Gasteiger partial charge in [0.05, 0.1) is 34.0 Å². The number of phenolic OH excluding ortho intramolecular Hbond substituents is 1. The number of esters is 1.